The minimum Gasteiger partial charge on any atom is -0.293 e. The van der Waals surface area contributed by atoms with Gasteiger partial charge in [0.25, 0.3) is 0 Å². The summed E-state index contributed by atoms with van der Waals surface area (Å²) in [4.78, 5) is 1.18. The molecule has 0 fully saturated rings. The Morgan fingerprint density at radius 3 is 2.78 bits per heavy atom. The lowest BCUT2D eigenvalue weighted by Gasteiger charge is -2.12. The van der Waals surface area contributed by atoms with Crippen molar-refractivity contribution in [3.63, 3.8) is 0 Å². The van der Waals surface area contributed by atoms with E-state index in [9.17, 15) is 5.26 Å². The van der Waals surface area contributed by atoms with Crippen LogP contribution in [0.5, 0.6) is 0 Å². The van der Waals surface area contributed by atoms with Crippen LogP contribution >= 0.6 is 34.5 Å². The Morgan fingerprint density at radius 1 is 1.33 bits per heavy atom. The third-order valence-electron chi connectivity index (χ3n) is 2.46. The molecule has 0 saturated heterocycles. The van der Waals surface area contributed by atoms with E-state index in [1.54, 1.807) is 29.5 Å². The molecule has 2 nitrogen and oxygen atoms in total. The van der Waals surface area contributed by atoms with Crippen molar-refractivity contribution in [1.82, 2.24) is 5.32 Å². The van der Waals surface area contributed by atoms with E-state index >= 15 is 0 Å². The van der Waals surface area contributed by atoms with Crippen molar-refractivity contribution < 1.29 is 0 Å². The van der Waals surface area contributed by atoms with Crippen LogP contribution in [0, 0.1) is 11.3 Å². The summed E-state index contributed by atoms with van der Waals surface area (Å²) in [5.74, 6) is 0. The smallest absolute Gasteiger partial charge is 0.123 e. The van der Waals surface area contributed by atoms with E-state index in [4.69, 9.17) is 23.2 Å². The van der Waals surface area contributed by atoms with E-state index in [-0.39, 0.29) is 0 Å². The standard InChI is InChI=1S/C13H10Cl2N2S/c14-9-3-4-11(12(15)6-9)13(7-16)17-8-10-2-1-5-18-10/h1-6,13,17H,8H2. The predicted molar refractivity (Wildman–Crippen MR) is 76.0 cm³/mol. The van der Waals surface area contributed by atoms with Crippen molar-refractivity contribution in [2.45, 2.75) is 12.6 Å². The number of hydrogen-bond acceptors (Lipinski definition) is 3. The predicted octanol–water partition coefficient (Wildman–Crippen LogP) is 4.41. The number of nitriles is 1. The molecule has 92 valence electrons. The van der Waals surface area contributed by atoms with Gasteiger partial charge in [0, 0.05) is 27.0 Å². The molecular formula is C13H10Cl2N2S. The van der Waals surface area contributed by atoms with Crippen LogP contribution in [0.25, 0.3) is 0 Å². The van der Waals surface area contributed by atoms with E-state index in [1.807, 2.05) is 17.5 Å². The van der Waals surface area contributed by atoms with Gasteiger partial charge in [0.2, 0.25) is 0 Å². The summed E-state index contributed by atoms with van der Waals surface area (Å²) >= 11 is 13.6. The minimum atomic E-state index is -0.433. The molecule has 1 heterocycles. The Balaban J connectivity index is 2.11. The molecule has 2 aromatic rings. The second-order valence-corrected chi connectivity index (χ2v) is 5.56. The maximum atomic E-state index is 9.20. The van der Waals surface area contributed by atoms with Gasteiger partial charge in [-0.25, -0.2) is 0 Å². The molecule has 1 atom stereocenters. The van der Waals surface area contributed by atoms with Crippen LogP contribution in [0.1, 0.15) is 16.5 Å². The largest absolute Gasteiger partial charge is 0.293 e. The second kappa shape index (κ2) is 6.21. The fourth-order valence-corrected chi connectivity index (χ4v) is 2.75. The molecule has 1 unspecified atom stereocenters. The highest BCUT2D eigenvalue weighted by Crippen LogP contribution is 2.26. The molecule has 0 bridgehead atoms. The van der Waals surface area contributed by atoms with Gasteiger partial charge in [-0.1, -0.05) is 35.3 Å². The molecule has 0 aliphatic heterocycles. The summed E-state index contributed by atoms with van der Waals surface area (Å²) in [6, 6.07) is 10.9. The van der Waals surface area contributed by atoms with Crippen LogP contribution in [-0.2, 0) is 6.54 Å². The van der Waals surface area contributed by atoms with Crippen molar-refractivity contribution in [3.05, 3.63) is 56.2 Å². The van der Waals surface area contributed by atoms with E-state index in [0.29, 0.717) is 16.6 Å². The Kier molecular flexibility index (Phi) is 4.62. The number of halogens is 2. The van der Waals surface area contributed by atoms with E-state index < -0.39 is 6.04 Å². The summed E-state index contributed by atoms with van der Waals surface area (Å²) in [7, 11) is 0. The van der Waals surface area contributed by atoms with Gasteiger partial charge >= 0.3 is 0 Å². The highest BCUT2D eigenvalue weighted by Gasteiger charge is 2.13. The summed E-state index contributed by atoms with van der Waals surface area (Å²) in [5, 5.41) is 15.5. The molecule has 0 amide bonds. The molecule has 1 aromatic carbocycles. The van der Waals surface area contributed by atoms with Crippen LogP contribution in [0.3, 0.4) is 0 Å². The Bertz CT molecular complexity index is 561. The van der Waals surface area contributed by atoms with Crippen molar-refractivity contribution >= 4 is 34.5 Å². The SMILES string of the molecule is N#CC(NCc1cccs1)c1ccc(Cl)cc1Cl. The zero-order chi connectivity index (χ0) is 13.0. The Morgan fingerprint density at radius 2 is 2.17 bits per heavy atom. The van der Waals surface area contributed by atoms with Gasteiger partial charge in [-0.05, 0) is 23.6 Å². The molecule has 0 saturated carbocycles. The zero-order valence-electron chi connectivity index (χ0n) is 9.36. The number of thiophene rings is 1. The first-order valence-corrected chi connectivity index (χ1v) is 6.94. The van der Waals surface area contributed by atoms with Gasteiger partial charge in [0.15, 0.2) is 0 Å². The monoisotopic (exact) mass is 296 g/mol. The highest BCUT2D eigenvalue weighted by molar-refractivity contribution is 7.09. The quantitative estimate of drug-likeness (QED) is 0.907. The Hall–Kier alpha value is -1.05. The lowest BCUT2D eigenvalue weighted by molar-refractivity contribution is 0.636. The highest BCUT2D eigenvalue weighted by atomic mass is 35.5. The molecule has 18 heavy (non-hydrogen) atoms. The lowest BCUT2D eigenvalue weighted by Crippen LogP contribution is -2.19. The molecular weight excluding hydrogens is 287 g/mol. The lowest BCUT2D eigenvalue weighted by atomic mass is 10.1. The maximum absolute atomic E-state index is 9.20. The molecule has 0 radical (unpaired) electrons. The van der Waals surface area contributed by atoms with Gasteiger partial charge in [0.05, 0.1) is 6.07 Å². The molecule has 1 aromatic heterocycles. The van der Waals surface area contributed by atoms with Gasteiger partial charge in [0.1, 0.15) is 6.04 Å². The van der Waals surface area contributed by atoms with Crippen LogP contribution in [0.4, 0.5) is 0 Å². The summed E-state index contributed by atoms with van der Waals surface area (Å²) in [5.41, 5.74) is 0.750. The van der Waals surface area contributed by atoms with Crippen LogP contribution in [-0.4, -0.2) is 0 Å². The number of rotatable bonds is 4. The minimum absolute atomic E-state index is 0.433. The fraction of sp³-hybridized carbons (Fsp3) is 0.154. The molecule has 1 N–H and O–H groups in total. The van der Waals surface area contributed by atoms with Crippen LogP contribution in [0.15, 0.2) is 35.7 Å². The van der Waals surface area contributed by atoms with Gasteiger partial charge < -0.3 is 0 Å². The van der Waals surface area contributed by atoms with Crippen LogP contribution in [0.2, 0.25) is 10.0 Å². The van der Waals surface area contributed by atoms with Gasteiger partial charge in [-0.2, -0.15) is 5.26 Å². The van der Waals surface area contributed by atoms with E-state index in [1.165, 1.54) is 4.88 Å². The van der Waals surface area contributed by atoms with Gasteiger partial charge in [-0.15, -0.1) is 11.3 Å². The van der Waals surface area contributed by atoms with Gasteiger partial charge in [-0.3, -0.25) is 5.32 Å². The third-order valence-corrected chi connectivity index (χ3v) is 3.90. The molecule has 0 aliphatic rings. The number of benzene rings is 1. The molecule has 0 aliphatic carbocycles. The summed E-state index contributed by atoms with van der Waals surface area (Å²) < 4.78 is 0. The first-order valence-electron chi connectivity index (χ1n) is 5.31. The first-order chi connectivity index (χ1) is 8.70. The van der Waals surface area contributed by atoms with E-state index in [2.05, 4.69) is 11.4 Å². The number of nitrogens with one attached hydrogen (secondary N) is 1. The average Bonchev–Trinajstić information content (AvgIpc) is 2.85. The molecule has 5 heteroatoms. The molecule has 2 rings (SSSR count). The number of nitrogens with zero attached hydrogens (tertiary/aromatic N) is 1. The maximum Gasteiger partial charge on any atom is 0.123 e. The first kappa shape index (κ1) is 13.4. The van der Waals surface area contributed by atoms with Crippen molar-refractivity contribution in [2.24, 2.45) is 0 Å². The van der Waals surface area contributed by atoms with E-state index in [0.717, 1.165) is 5.56 Å². The average molecular weight is 297 g/mol. The summed E-state index contributed by atoms with van der Waals surface area (Å²) in [6.07, 6.45) is 0. The van der Waals surface area contributed by atoms with Crippen LogP contribution < -0.4 is 5.32 Å². The molecule has 0 spiro atoms. The van der Waals surface area contributed by atoms with Crippen molar-refractivity contribution in [3.8, 4) is 6.07 Å². The number of hydrogen-bond donors (Lipinski definition) is 1. The second-order valence-electron chi connectivity index (χ2n) is 3.69. The van der Waals surface area contributed by atoms with Crippen molar-refractivity contribution in [1.29, 1.82) is 5.26 Å². The zero-order valence-corrected chi connectivity index (χ0v) is 11.7. The Labute approximate surface area is 120 Å². The summed E-state index contributed by atoms with van der Waals surface area (Å²) in [6.45, 7) is 0.648. The normalized spacial score (nSPS) is 12.1. The third kappa shape index (κ3) is 3.24. The topological polar surface area (TPSA) is 35.8 Å². The fourth-order valence-electron chi connectivity index (χ4n) is 1.58. The van der Waals surface area contributed by atoms with Crippen molar-refractivity contribution in [2.75, 3.05) is 0 Å².